The number of benzene rings is 1. The molecule has 0 radical (unpaired) electrons. The van der Waals surface area contributed by atoms with Crippen LogP contribution >= 0.6 is 0 Å². The Morgan fingerprint density at radius 1 is 0.852 bits per heavy atom. The van der Waals surface area contributed by atoms with Crippen LogP contribution in [0.5, 0.6) is 0 Å². The van der Waals surface area contributed by atoms with E-state index in [4.69, 9.17) is 19.5 Å². The summed E-state index contributed by atoms with van der Waals surface area (Å²) < 4.78 is 40.1. The van der Waals surface area contributed by atoms with E-state index in [9.17, 15) is 8.78 Å². The van der Waals surface area contributed by atoms with Gasteiger partial charge in [-0.05, 0) is 61.8 Å². The molecule has 0 aromatic heterocycles. The first-order chi connectivity index (χ1) is 13.0. The molecule has 27 heavy (non-hydrogen) atoms. The summed E-state index contributed by atoms with van der Waals surface area (Å²) in [6.07, 6.45) is 7.88. The molecule has 0 bridgehead atoms. The Balaban J connectivity index is 1.35. The highest BCUT2D eigenvalue weighted by molar-refractivity contribution is 6.58. The molecule has 148 valence electrons. The minimum absolute atomic E-state index is 0.00272. The molecule has 1 aliphatic heterocycles. The number of ether oxygens (including phenoxy) is 2. The van der Waals surface area contributed by atoms with Gasteiger partial charge in [-0.15, -0.1) is 0 Å². The lowest BCUT2D eigenvalue weighted by Gasteiger charge is -2.41. The van der Waals surface area contributed by atoms with Gasteiger partial charge >= 0.3 is 7.12 Å². The Morgan fingerprint density at radius 3 is 2.04 bits per heavy atom. The third-order valence-corrected chi connectivity index (χ3v) is 6.90. The third kappa shape index (κ3) is 3.79. The fourth-order valence-electron chi connectivity index (χ4n) is 5.33. The van der Waals surface area contributed by atoms with Gasteiger partial charge in [-0.3, -0.25) is 0 Å². The molecule has 1 aromatic carbocycles. The van der Waals surface area contributed by atoms with Crippen molar-refractivity contribution in [2.45, 2.75) is 63.1 Å². The van der Waals surface area contributed by atoms with Gasteiger partial charge in [0.05, 0.1) is 13.2 Å². The summed E-state index contributed by atoms with van der Waals surface area (Å²) in [5, 5.41) is 18.2. The molecule has 0 atom stereocenters. The highest BCUT2D eigenvalue weighted by Crippen LogP contribution is 2.46. The molecule has 2 N–H and O–H groups in total. The van der Waals surface area contributed by atoms with Gasteiger partial charge in [-0.2, -0.15) is 0 Å². The summed E-state index contributed by atoms with van der Waals surface area (Å²) in [5.74, 6) is -1.10. The summed E-state index contributed by atoms with van der Waals surface area (Å²) >= 11 is 0. The molecule has 1 saturated heterocycles. The molecule has 3 fully saturated rings. The van der Waals surface area contributed by atoms with Gasteiger partial charge in [0, 0.05) is 18.3 Å². The predicted molar refractivity (Wildman–Crippen MR) is 97.5 cm³/mol. The second-order valence-electron chi connectivity index (χ2n) is 8.30. The van der Waals surface area contributed by atoms with Crippen LogP contribution in [0.4, 0.5) is 8.78 Å². The van der Waals surface area contributed by atoms with Gasteiger partial charge in [0.1, 0.15) is 0 Å². The van der Waals surface area contributed by atoms with Crippen molar-refractivity contribution in [1.29, 1.82) is 0 Å². The summed E-state index contributed by atoms with van der Waals surface area (Å²) in [4.78, 5) is 0. The van der Waals surface area contributed by atoms with Gasteiger partial charge in [0.25, 0.3) is 0 Å². The second kappa shape index (κ2) is 7.78. The maximum Gasteiger partial charge on any atom is 0.491 e. The fraction of sp³-hybridized carbons (Fsp3) is 0.700. The Kier molecular flexibility index (Phi) is 5.56. The minimum Gasteiger partial charge on any atom is -0.423 e. The maximum atomic E-state index is 14.4. The van der Waals surface area contributed by atoms with Crippen LogP contribution in [0.15, 0.2) is 12.1 Å². The van der Waals surface area contributed by atoms with Crippen molar-refractivity contribution in [2.24, 2.45) is 11.8 Å². The zero-order valence-electron chi connectivity index (χ0n) is 15.5. The summed E-state index contributed by atoms with van der Waals surface area (Å²) in [7, 11) is -1.99. The van der Waals surface area contributed by atoms with E-state index in [-0.39, 0.29) is 11.7 Å². The van der Waals surface area contributed by atoms with E-state index >= 15 is 0 Å². The van der Waals surface area contributed by atoms with Crippen molar-refractivity contribution in [3.05, 3.63) is 29.3 Å². The Hall–Kier alpha value is -1.02. The molecule has 1 spiro atoms. The monoisotopic (exact) mass is 380 g/mol. The predicted octanol–water partition coefficient (Wildman–Crippen LogP) is 2.85. The molecule has 4 nitrogen and oxygen atoms in total. The minimum atomic E-state index is -1.99. The van der Waals surface area contributed by atoms with E-state index < -0.39 is 24.2 Å². The third-order valence-electron chi connectivity index (χ3n) is 6.90. The lowest BCUT2D eigenvalue weighted by atomic mass is 9.68. The second-order valence-corrected chi connectivity index (χ2v) is 8.30. The smallest absolute Gasteiger partial charge is 0.423 e. The van der Waals surface area contributed by atoms with E-state index in [1.54, 1.807) is 0 Å². The average molecular weight is 380 g/mol. The quantitative estimate of drug-likeness (QED) is 0.792. The SMILES string of the molecule is OB(O)c1ccc(C2CCC(C3CCC4(CC3)OCCO4)CC2)c(F)c1F. The van der Waals surface area contributed by atoms with E-state index in [1.165, 1.54) is 12.1 Å². The lowest BCUT2D eigenvalue weighted by Crippen LogP contribution is -2.37. The molecule has 7 heteroatoms. The molecule has 4 rings (SSSR count). The van der Waals surface area contributed by atoms with Gasteiger partial charge < -0.3 is 19.5 Å². The Bertz CT molecular complexity index is 660. The largest absolute Gasteiger partial charge is 0.491 e. The van der Waals surface area contributed by atoms with E-state index in [1.807, 2.05) is 0 Å². The molecular formula is C20H27BF2O4. The van der Waals surface area contributed by atoms with E-state index in [0.717, 1.165) is 51.4 Å². The topological polar surface area (TPSA) is 58.9 Å². The van der Waals surface area contributed by atoms with Crippen molar-refractivity contribution in [3.8, 4) is 0 Å². The first-order valence-electron chi connectivity index (χ1n) is 10.1. The number of hydrogen-bond donors (Lipinski definition) is 2. The zero-order chi connectivity index (χ0) is 19.0. The first-order valence-corrected chi connectivity index (χ1v) is 10.1. The standard InChI is InChI=1S/C20H27BF2O4/c22-18-16(5-6-17(19(18)23)21(24)25)15-3-1-13(2-4-15)14-7-9-20(10-8-14)26-11-12-27-20/h5-6,13-15,24-25H,1-4,7-12H2. The zero-order valence-corrected chi connectivity index (χ0v) is 15.5. The highest BCUT2D eigenvalue weighted by atomic mass is 19.2. The molecule has 3 aliphatic rings. The summed E-state index contributed by atoms with van der Waals surface area (Å²) in [6.45, 7) is 1.40. The molecule has 2 saturated carbocycles. The number of halogens is 2. The van der Waals surface area contributed by atoms with Crippen LogP contribution in [0.3, 0.4) is 0 Å². The lowest BCUT2D eigenvalue weighted by molar-refractivity contribution is -0.185. The summed E-state index contributed by atoms with van der Waals surface area (Å²) in [6, 6.07) is 2.80. The van der Waals surface area contributed by atoms with Gasteiger partial charge in [0.15, 0.2) is 17.4 Å². The average Bonchev–Trinajstić information content (AvgIpc) is 3.12. The van der Waals surface area contributed by atoms with E-state index in [2.05, 4.69) is 0 Å². The normalized spacial score (nSPS) is 28.6. The number of hydrogen-bond acceptors (Lipinski definition) is 4. The van der Waals surface area contributed by atoms with Crippen molar-refractivity contribution < 1.29 is 28.3 Å². The van der Waals surface area contributed by atoms with Crippen LogP contribution in [-0.2, 0) is 9.47 Å². The molecule has 0 unspecified atom stereocenters. The van der Waals surface area contributed by atoms with Crippen LogP contribution in [0.1, 0.15) is 62.8 Å². The van der Waals surface area contributed by atoms with Crippen molar-refractivity contribution in [2.75, 3.05) is 13.2 Å². The van der Waals surface area contributed by atoms with Crippen LogP contribution in [0.2, 0.25) is 0 Å². The Morgan fingerprint density at radius 2 is 1.44 bits per heavy atom. The summed E-state index contributed by atoms with van der Waals surface area (Å²) in [5.41, 5.74) is -0.0388. The van der Waals surface area contributed by atoms with Crippen molar-refractivity contribution in [3.63, 3.8) is 0 Å². The molecule has 1 aromatic rings. The molecular weight excluding hydrogens is 353 g/mol. The fourth-order valence-corrected chi connectivity index (χ4v) is 5.33. The Labute approximate surface area is 159 Å². The van der Waals surface area contributed by atoms with Crippen LogP contribution < -0.4 is 5.46 Å². The first kappa shape index (κ1) is 19.3. The van der Waals surface area contributed by atoms with Crippen LogP contribution in [0, 0.1) is 23.5 Å². The van der Waals surface area contributed by atoms with Crippen LogP contribution in [-0.4, -0.2) is 36.2 Å². The van der Waals surface area contributed by atoms with Crippen molar-refractivity contribution >= 4 is 12.6 Å². The molecule has 0 amide bonds. The van der Waals surface area contributed by atoms with Gasteiger partial charge in [0.2, 0.25) is 0 Å². The van der Waals surface area contributed by atoms with Crippen LogP contribution in [0.25, 0.3) is 0 Å². The van der Waals surface area contributed by atoms with Gasteiger partial charge in [-0.25, -0.2) is 8.78 Å². The molecule has 1 heterocycles. The number of rotatable bonds is 3. The maximum absolute atomic E-state index is 14.4. The highest BCUT2D eigenvalue weighted by Gasteiger charge is 2.42. The molecule has 2 aliphatic carbocycles. The van der Waals surface area contributed by atoms with Crippen molar-refractivity contribution in [1.82, 2.24) is 0 Å². The van der Waals surface area contributed by atoms with Gasteiger partial charge in [-0.1, -0.05) is 12.1 Å². The van der Waals surface area contributed by atoms with E-state index in [0.29, 0.717) is 30.6 Å².